The summed E-state index contributed by atoms with van der Waals surface area (Å²) in [6.45, 7) is 3.79. The predicted molar refractivity (Wildman–Crippen MR) is 82.1 cm³/mol. The third-order valence-corrected chi connectivity index (χ3v) is 4.28. The number of aliphatic carboxylic acids is 1. The highest BCUT2D eigenvalue weighted by Gasteiger charge is 2.27. The number of hydrogen-bond acceptors (Lipinski definition) is 3. The fraction of sp³-hybridized carbons (Fsp3) is 0.529. The molecule has 2 unspecified atom stereocenters. The first-order chi connectivity index (χ1) is 9.92. The van der Waals surface area contributed by atoms with Crippen LogP contribution in [0.15, 0.2) is 24.3 Å². The van der Waals surface area contributed by atoms with Crippen LogP contribution in [0.2, 0.25) is 0 Å². The van der Waals surface area contributed by atoms with Gasteiger partial charge in [0.25, 0.3) is 0 Å². The van der Waals surface area contributed by atoms with E-state index in [4.69, 9.17) is 10.4 Å². The van der Waals surface area contributed by atoms with Gasteiger partial charge in [-0.05, 0) is 50.8 Å². The number of carboxylic acids is 1. The van der Waals surface area contributed by atoms with Crippen LogP contribution in [-0.4, -0.2) is 17.1 Å². The number of hydrogen-bond donors (Lipinski definition) is 2. The topological polar surface area (TPSA) is 73.1 Å². The van der Waals surface area contributed by atoms with Crippen LogP contribution in [0, 0.1) is 17.2 Å². The van der Waals surface area contributed by atoms with Crippen LogP contribution in [0.4, 0.5) is 5.69 Å². The van der Waals surface area contributed by atoms with Crippen molar-refractivity contribution in [2.75, 3.05) is 5.32 Å². The molecule has 0 aromatic heterocycles. The maximum Gasteiger partial charge on any atom is 0.306 e. The summed E-state index contributed by atoms with van der Waals surface area (Å²) in [5, 5.41) is 21.7. The van der Waals surface area contributed by atoms with Crippen molar-refractivity contribution in [3.05, 3.63) is 29.8 Å². The van der Waals surface area contributed by atoms with E-state index >= 15 is 0 Å². The Balaban J connectivity index is 2.01. The van der Waals surface area contributed by atoms with Gasteiger partial charge in [-0.1, -0.05) is 18.6 Å². The normalized spacial score (nSPS) is 22.3. The van der Waals surface area contributed by atoms with E-state index in [1.165, 1.54) is 0 Å². The molecule has 0 amide bonds. The summed E-state index contributed by atoms with van der Waals surface area (Å²) < 4.78 is 0. The van der Waals surface area contributed by atoms with Gasteiger partial charge in [-0.15, -0.1) is 0 Å². The van der Waals surface area contributed by atoms with Crippen molar-refractivity contribution in [1.29, 1.82) is 5.26 Å². The van der Waals surface area contributed by atoms with Gasteiger partial charge in [0, 0.05) is 11.7 Å². The third kappa shape index (κ3) is 3.75. The van der Waals surface area contributed by atoms with E-state index in [-0.39, 0.29) is 12.0 Å². The van der Waals surface area contributed by atoms with Gasteiger partial charge in [-0.3, -0.25) is 4.79 Å². The quantitative estimate of drug-likeness (QED) is 0.888. The standard InChI is InChI=1S/C17H22N2O2/c1-17(2,11-18)13-6-8-14(9-7-13)19-15-5-3-4-12(10-15)16(20)21/h6-9,12,15,19H,3-5,10H2,1-2H3,(H,20,21). The zero-order chi connectivity index (χ0) is 15.5. The summed E-state index contributed by atoms with van der Waals surface area (Å²) in [6.07, 6.45) is 3.42. The molecular formula is C17H22N2O2. The molecule has 0 saturated heterocycles. The summed E-state index contributed by atoms with van der Waals surface area (Å²) >= 11 is 0. The molecule has 21 heavy (non-hydrogen) atoms. The Labute approximate surface area is 125 Å². The number of carbonyl (C=O) groups is 1. The van der Waals surface area contributed by atoms with E-state index in [9.17, 15) is 4.79 Å². The minimum atomic E-state index is -0.687. The van der Waals surface area contributed by atoms with Gasteiger partial charge in [-0.25, -0.2) is 0 Å². The fourth-order valence-electron chi connectivity index (χ4n) is 2.83. The SMILES string of the molecule is CC(C)(C#N)c1ccc(NC2CCCC(C(=O)O)C2)cc1. The Morgan fingerprint density at radius 3 is 2.57 bits per heavy atom. The van der Waals surface area contributed by atoms with Crippen molar-refractivity contribution >= 4 is 11.7 Å². The summed E-state index contributed by atoms with van der Waals surface area (Å²) in [5.41, 5.74) is 1.49. The molecule has 2 atom stereocenters. The molecule has 1 aliphatic carbocycles. The first-order valence-corrected chi connectivity index (χ1v) is 7.43. The number of nitrogens with zero attached hydrogens (tertiary/aromatic N) is 1. The maximum atomic E-state index is 11.1. The van der Waals surface area contributed by atoms with Crippen LogP contribution in [0.5, 0.6) is 0 Å². The van der Waals surface area contributed by atoms with Gasteiger partial charge in [0.15, 0.2) is 0 Å². The van der Waals surface area contributed by atoms with E-state index in [0.29, 0.717) is 6.42 Å². The van der Waals surface area contributed by atoms with Crippen LogP contribution in [0.25, 0.3) is 0 Å². The van der Waals surface area contributed by atoms with Gasteiger partial charge in [0.05, 0.1) is 17.4 Å². The Hall–Kier alpha value is -2.02. The minimum Gasteiger partial charge on any atom is -0.481 e. The maximum absolute atomic E-state index is 11.1. The Morgan fingerprint density at radius 2 is 2.00 bits per heavy atom. The molecule has 0 aliphatic heterocycles. The van der Waals surface area contributed by atoms with Crippen LogP contribution in [0.1, 0.15) is 45.1 Å². The highest BCUT2D eigenvalue weighted by Crippen LogP contribution is 2.28. The van der Waals surface area contributed by atoms with Crippen LogP contribution >= 0.6 is 0 Å². The zero-order valence-corrected chi connectivity index (χ0v) is 12.6. The van der Waals surface area contributed by atoms with Crippen molar-refractivity contribution in [3.63, 3.8) is 0 Å². The molecule has 0 spiro atoms. The number of nitriles is 1. The first kappa shape index (κ1) is 15.4. The lowest BCUT2D eigenvalue weighted by atomic mass is 9.85. The molecule has 0 radical (unpaired) electrons. The Kier molecular flexibility index (Phi) is 4.52. The Bertz CT molecular complexity index is 543. The molecule has 2 N–H and O–H groups in total. The summed E-state index contributed by atoms with van der Waals surface area (Å²) in [6, 6.07) is 10.4. The summed E-state index contributed by atoms with van der Waals surface area (Å²) in [4.78, 5) is 11.1. The van der Waals surface area contributed by atoms with Crippen LogP contribution in [0.3, 0.4) is 0 Å². The molecule has 112 valence electrons. The average molecular weight is 286 g/mol. The lowest BCUT2D eigenvalue weighted by molar-refractivity contribution is -0.142. The minimum absolute atomic E-state index is 0.217. The fourth-order valence-corrected chi connectivity index (χ4v) is 2.83. The van der Waals surface area contributed by atoms with Gasteiger partial charge in [0.2, 0.25) is 0 Å². The molecule has 4 nitrogen and oxygen atoms in total. The molecule has 2 rings (SSSR count). The molecule has 1 aliphatic rings. The predicted octanol–water partition coefficient (Wildman–Crippen LogP) is 3.54. The van der Waals surface area contributed by atoms with Crippen LogP contribution < -0.4 is 5.32 Å². The largest absolute Gasteiger partial charge is 0.481 e. The second-order valence-electron chi connectivity index (χ2n) is 6.36. The highest BCUT2D eigenvalue weighted by molar-refractivity contribution is 5.70. The van der Waals surface area contributed by atoms with Gasteiger partial charge in [0.1, 0.15) is 0 Å². The second kappa shape index (κ2) is 6.17. The number of rotatable bonds is 4. The van der Waals surface area contributed by atoms with Crippen molar-refractivity contribution in [3.8, 4) is 6.07 Å². The molecule has 1 saturated carbocycles. The van der Waals surface area contributed by atoms with Crippen molar-refractivity contribution in [2.45, 2.75) is 51.0 Å². The molecule has 1 fully saturated rings. The molecule has 4 heteroatoms. The zero-order valence-electron chi connectivity index (χ0n) is 12.6. The van der Waals surface area contributed by atoms with Crippen molar-refractivity contribution in [1.82, 2.24) is 0 Å². The number of nitrogens with one attached hydrogen (secondary N) is 1. The number of anilines is 1. The van der Waals surface area contributed by atoms with Gasteiger partial charge in [-0.2, -0.15) is 5.26 Å². The number of benzene rings is 1. The van der Waals surface area contributed by atoms with E-state index < -0.39 is 11.4 Å². The summed E-state index contributed by atoms with van der Waals surface area (Å²) in [7, 11) is 0. The molecular weight excluding hydrogens is 264 g/mol. The van der Waals surface area contributed by atoms with E-state index in [0.717, 1.165) is 30.5 Å². The van der Waals surface area contributed by atoms with Crippen molar-refractivity contribution in [2.24, 2.45) is 5.92 Å². The molecule has 0 heterocycles. The molecule has 0 bridgehead atoms. The van der Waals surface area contributed by atoms with E-state index in [1.54, 1.807) is 0 Å². The Morgan fingerprint density at radius 1 is 1.33 bits per heavy atom. The van der Waals surface area contributed by atoms with Gasteiger partial charge < -0.3 is 10.4 Å². The van der Waals surface area contributed by atoms with Crippen LogP contribution in [-0.2, 0) is 10.2 Å². The smallest absolute Gasteiger partial charge is 0.306 e. The van der Waals surface area contributed by atoms with Crippen molar-refractivity contribution < 1.29 is 9.90 Å². The summed E-state index contributed by atoms with van der Waals surface area (Å²) in [5.74, 6) is -0.916. The van der Waals surface area contributed by atoms with E-state index in [2.05, 4.69) is 11.4 Å². The highest BCUT2D eigenvalue weighted by atomic mass is 16.4. The lowest BCUT2D eigenvalue weighted by Gasteiger charge is -2.28. The first-order valence-electron chi connectivity index (χ1n) is 7.43. The average Bonchev–Trinajstić information content (AvgIpc) is 2.48. The molecule has 1 aromatic rings. The monoisotopic (exact) mass is 286 g/mol. The number of carboxylic acid groups (broad SMARTS) is 1. The molecule has 1 aromatic carbocycles. The third-order valence-electron chi connectivity index (χ3n) is 4.28. The van der Waals surface area contributed by atoms with Gasteiger partial charge >= 0.3 is 5.97 Å². The second-order valence-corrected chi connectivity index (χ2v) is 6.36. The lowest BCUT2D eigenvalue weighted by Crippen LogP contribution is -2.30. The van der Waals surface area contributed by atoms with E-state index in [1.807, 2.05) is 38.1 Å².